The van der Waals surface area contributed by atoms with Crippen molar-refractivity contribution in [2.45, 2.75) is 32.2 Å². The van der Waals surface area contributed by atoms with Gasteiger partial charge in [-0.3, -0.25) is 4.98 Å². The Morgan fingerprint density at radius 1 is 1.21 bits per heavy atom. The van der Waals surface area contributed by atoms with Crippen LogP contribution in [0.4, 0.5) is 0 Å². The molecule has 120 valence electrons. The summed E-state index contributed by atoms with van der Waals surface area (Å²) in [6, 6.07) is 11.0. The van der Waals surface area contributed by atoms with Gasteiger partial charge in [0.05, 0.1) is 5.97 Å². The molecule has 1 aromatic heterocycles. The minimum atomic E-state index is -1.25. The second-order valence-corrected chi connectivity index (χ2v) is 5.80. The van der Waals surface area contributed by atoms with Crippen LogP contribution in [0.2, 0.25) is 0 Å². The Kier molecular flexibility index (Phi) is 8.36. The maximum atomic E-state index is 10.8. The molecule has 0 aliphatic heterocycles. The molecule has 0 aliphatic rings. The summed E-state index contributed by atoms with van der Waals surface area (Å²) in [5.41, 5.74) is 9.67. The largest absolute Gasteiger partial charge is 1.00 e. The summed E-state index contributed by atoms with van der Waals surface area (Å²) >= 11 is 0. The second kappa shape index (κ2) is 9.74. The molecule has 2 rings (SSSR count). The van der Waals surface area contributed by atoms with Gasteiger partial charge >= 0.3 is 29.6 Å². The van der Waals surface area contributed by atoms with Crippen LogP contribution in [0, 0.1) is 0 Å². The fraction of sp³-hybridized carbons (Fsp3) is 0.263. The number of nitrogens with zero attached hydrogens (tertiary/aromatic N) is 1. The van der Waals surface area contributed by atoms with Crippen LogP contribution < -0.4 is 40.4 Å². The van der Waals surface area contributed by atoms with E-state index in [1.807, 2.05) is 30.3 Å². The first-order chi connectivity index (χ1) is 11.0. The van der Waals surface area contributed by atoms with Gasteiger partial charge in [-0.25, -0.2) is 0 Å². The van der Waals surface area contributed by atoms with Crippen LogP contribution in [-0.2, 0) is 4.79 Å². The van der Waals surface area contributed by atoms with Gasteiger partial charge in [0, 0.05) is 24.0 Å². The molecule has 0 saturated carbocycles. The van der Waals surface area contributed by atoms with E-state index in [0.717, 1.165) is 16.7 Å². The zero-order chi connectivity index (χ0) is 16.8. The Hall–Kier alpha value is -1.46. The van der Waals surface area contributed by atoms with Gasteiger partial charge in [-0.1, -0.05) is 50.3 Å². The van der Waals surface area contributed by atoms with Crippen molar-refractivity contribution in [2.75, 3.05) is 0 Å². The normalized spacial score (nSPS) is 12.6. The van der Waals surface area contributed by atoms with Crippen LogP contribution in [0.3, 0.4) is 0 Å². The first-order valence-electron chi connectivity index (χ1n) is 7.66. The first-order valence-corrected chi connectivity index (χ1v) is 7.66. The molecule has 1 unspecified atom stereocenters. The molecular formula is C19H21N2NaO2. The van der Waals surface area contributed by atoms with E-state index in [-0.39, 0.29) is 36.0 Å². The van der Waals surface area contributed by atoms with Gasteiger partial charge in [0.2, 0.25) is 0 Å². The average molecular weight is 332 g/mol. The molecule has 24 heavy (non-hydrogen) atoms. The second-order valence-electron chi connectivity index (χ2n) is 5.80. The molecule has 0 saturated heterocycles. The molecule has 1 atom stereocenters. The predicted molar refractivity (Wildman–Crippen MR) is 89.4 cm³/mol. The summed E-state index contributed by atoms with van der Waals surface area (Å²) in [7, 11) is 0. The van der Waals surface area contributed by atoms with Crippen molar-refractivity contribution in [2.24, 2.45) is 5.73 Å². The van der Waals surface area contributed by atoms with Crippen molar-refractivity contribution >= 4 is 11.5 Å². The molecule has 4 nitrogen and oxygen atoms in total. The summed E-state index contributed by atoms with van der Waals surface area (Å²) in [4.78, 5) is 15.0. The molecule has 0 aliphatic carbocycles. The third-order valence-corrected chi connectivity index (χ3v) is 3.74. The fourth-order valence-electron chi connectivity index (χ4n) is 2.31. The van der Waals surface area contributed by atoms with Crippen molar-refractivity contribution in [3.63, 3.8) is 0 Å². The quantitative estimate of drug-likeness (QED) is 0.696. The summed E-state index contributed by atoms with van der Waals surface area (Å²) < 4.78 is 0. The number of nitrogens with two attached hydrogens (primary N) is 1. The zero-order valence-electron chi connectivity index (χ0n) is 14.4. The Morgan fingerprint density at radius 3 is 2.38 bits per heavy atom. The maximum Gasteiger partial charge on any atom is 1.00 e. The van der Waals surface area contributed by atoms with Gasteiger partial charge in [0.15, 0.2) is 0 Å². The first kappa shape index (κ1) is 20.6. The van der Waals surface area contributed by atoms with Crippen LogP contribution in [0.15, 0.2) is 54.9 Å². The van der Waals surface area contributed by atoms with Gasteiger partial charge in [-0.05, 0) is 35.1 Å². The zero-order valence-corrected chi connectivity index (χ0v) is 16.4. The Morgan fingerprint density at radius 2 is 1.88 bits per heavy atom. The van der Waals surface area contributed by atoms with Crippen molar-refractivity contribution in [3.8, 4) is 0 Å². The van der Waals surface area contributed by atoms with Gasteiger partial charge in [0.25, 0.3) is 0 Å². The molecule has 1 aromatic carbocycles. The molecule has 0 amide bonds. The van der Waals surface area contributed by atoms with Crippen molar-refractivity contribution in [3.05, 3.63) is 71.6 Å². The summed E-state index contributed by atoms with van der Waals surface area (Å²) in [6.07, 6.45) is 5.50. The standard InChI is InChI=1S/C19H22N2O2.Na/c1-13(2)14-5-7-15(8-6-14)17(9-10-18(20)19(22)23)16-4-3-11-21-12-16;/h3-9,11-13,18H,10,20H2,1-2H3,(H,22,23);/q;+1/p-1/b17-9+;. The number of aliphatic carboxylic acids is 1. The molecule has 0 spiro atoms. The minimum Gasteiger partial charge on any atom is -0.548 e. The number of carbonyl (C=O) groups is 1. The SMILES string of the molecule is CC(C)c1ccc(/C(=C\CC(N)C(=O)[O-])c2cccnc2)cc1.[Na+]. The minimum absolute atomic E-state index is 0. The Bertz CT molecular complexity index is 682. The number of aromatic nitrogens is 1. The number of carboxylic acids is 1. The number of rotatable bonds is 6. The molecule has 2 N–H and O–H groups in total. The predicted octanol–water partition coefficient (Wildman–Crippen LogP) is -0.892. The Balaban J connectivity index is 0.00000288. The average Bonchev–Trinajstić information content (AvgIpc) is 2.56. The molecule has 0 fully saturated rings. The third-order valence-electron chi connectivity index (χ3n) is 3.74. The van der Waals surface area contributed by atoms with Crippen LogP contribution in [-0.4, -0.2) is 17.0 Å². The van der Waals surface area contributed by atoms with Crippen molar-refractivity contribution in [1.82, 2.24) is 4.98 Å². The topological polar surface area (TPSA) is 79.0 Å². The smallest absolute Gasteiger partial charge is 0.548 e. The van der Waals surface area contributed by atoms with Crippen molar-refractivity contribution < 1.29 is 39.5 Å². The molecule has 2 aromatic rings. The number of hydrogen-bond acceptors (Lipinski definition) is 4. The molecule has 0 radical (unpaired) electrons. The molecule has 5 heteroatoms. The van der Waals surface area contributed by atoms with E-state index in [1.54, 1.807) is 12.4 Å². The van der Waals surface area contributed by atoms with Crippen LogP contribution >= 0.6 is 0 Å². The van der Waals surface area contributed by atoms with E-state index in [1.165, 1.54) is 5.56 Å². The van der Waals surface area contributed by atoms with E-state index in [9.17, 15) is 9.90 Å². The monoisotopic (exact) mass is 332 g/mol. The van der Waals surface area contributed by atoms with Crippen LogP contribution in [0.5, 0.6) is 0 Å². The maximum absolute atomic E-state index is 10.8. The fourth-order valence-corrected chi connectivity index (χ4v) is 2.31. The van der Waals surface area contributed by atoms with Gasteiger partial charge in [0.1, 0.15) is 0 Å². The molecule has 0 bridgehead atoms. The molecular weight excluding hydrogens is 311 g/mol. The summed E-state index contributed by atoms with van der Waals surface area (Å²) in [5, 5.41) is 10.8. The Labute approximate surface area is 165 Å². The molecule has 1 heterocycles. The third kappa shape index (κ3) is 5.56. The number of pyridine rings is 1. The van der Waals surface area contributed by atoms with Gasteiger partial charge in [-0.15, -0.1) is 0 Å². The number of hydrogen-bond donors (Lipinski definition) is 1. The van der Waals surface area contributed by atoms with Crippen LogP contribution in [0.25, 0.3) is 5.57 Å². The number of benzene rings is 1. The number of carbonyl (C=O) groups excluding carboxylic acids is 1. The van der Waals surface area contributed by atoms with E-state index in [0.29, 0.717) is 5.92 Å². The van der Waals surface area contributed by atoms with E-state index < -0.39 is 12.0 Å². The van der Waals surface area contributed by atoms with Gasteiger partial charge in [-0.2, -0.15) is 0 Å². The summed E-state index contributed by atoms with van der Waals surface area (Å²) in [5.74, 6) is -0.789. The number of carboxylic acid groups (broad SMARTS) is 1. The summed E-state index contributed by atoms with van der Waals surface area (Å²) in [6.45, 7) is 4.29. The van der Waals surface area contributed by atoms with Crippen molar-refractivity contribution in [1.29, 1.82) is 0 Å². The van der Waals surface area contributed by atoms with E-state index in [4.69, 9.17) is 5.73 Å². The van der Waals surface area contributed by atoms with E-state index in [2.05, 4.69) is 31.0 Å². The van der Waals surface area contributed by atoms with E-state index >= 15 is 0 Å². The van der Waals surface area contributed by atoms with Crippen LogP contribution in [0.1, 0.15) is 42.9 Å². The van der Waals surface area contributed by atoms with Gasteiger partial charge < -0.3 is 15.6 Å².